The number of benzene rings is 2. The van der Waals surface area contributed by atoms with E-state index in [1.54, 1.807) is 12.1 Å². The molecule has 0 unspecified atom stereocenters. The summed E-state index contributed by atoms with van der Waals surface area (Å²) in [5.41, 5.74) is 3.73. The normalized spacial score (nSPS) is 10.6. The average molecular weight is 427 g/mol. The molecule has 0 spiro atoms. The van der Waals surface area contributed by atoms with Gasteiger partial charge in [-0.15, -0.1) is 0 Å². The van der Waals surface area contributed by atoms with Gasteiger partial charge in [-0.3, -0.25) is 4.79 Å². The van der Waals surface area contributed by atoms with Gasteiger partial charge in [0, 0.05) is 15.7 Å². The molecule has 0 bridgehead atoms. The minimum Gasteiger partial charge on any atom is -0.506 e. The monoisotopic (exact) mass is 425 g/mol. The maximum atomic E-state index is 11.7. The molecule has 2 aromatic carbocycles. The minimum atomic E-state index is -0.284. The van der Waals surface area contributed by atoms with Crippen molar-refractivity contribution in [3.05, 3.63) is 57.0 Å². The number of rotatable bonds is 5. The van der Waals surface area contributed by atoms with Crippen molar-refractivity contribution in [2.24, 2.45) is 5.10 Å². The van der Waals surface area contributed by atoms with Crippen molar-refractivity contribution >= 4 is 49.7 Å². The van der Waals surface area contributed by atoms with Crippen LogP contribution in [0.4, 0.5) is 5.69 Å². The summed E-state index contributed by atoms with van der Waals surface area (Å²) >= 11 is 6.55. The third-order valence-corrected chi connectivity index (χ3v) is 3.74. The number of para-hydroxylation sites is 1. The summed E-state index contributed by atoms with van der Waals surface area (Å²) in [6.45, 7) is 0.107. The van der Waals surface area contributed by atoms with Gasteiger partial charge in [0.2, 0.25) is 0 Å². The number of phenols is 1. The molecule has 0 radical (unpaired) electrons. The Morgan fingerprint density at radius 1 is 1.23 bits per heavy atom. The van der Waals surface area contributed by atoms with E-state index in [1.165, 1.54) is 6.21 Å². The first-order chi connectivity index (χ1) is 10.6. The number of halogens is 2. The fourth-order valence-electron chi connectivity index (χ4n) is 1.64. The number of hydrogen-bond donors (Lipinski definition) is 3. The molecular formula is C15H13Br2N3O2. The van der Waals surface area contributed by atoms with Crippen LogP contribution < -0.4 is 10.7 Å². The van der Waals surface area contributed by atoms with Crippen molar-refractivity contribution in [2.75, 3.05) is 11.9 Å². The van der Waals surface area contributed by atoms with Crippen LogP contribution in [0.1, 0.15) is 5.56 Å². The van der Waals surface area contributed by atoms with E-state index in [0.29, 0.717) is 10.0 Å². The van der Waals surface area contributed by atoms with E-state index < -0.39 is 0 Å². The Morgan fingerprint density at radius 2 is 1.95 bits per heavy atom. The van der Waals surface area contributed by atoms with Gasteiger partial charge in [-0.2, -0.15) is 5.10 Å². The molecule has 2 rings (SSSR count). The van der Waals surface area contributed by atoms with E-state index >= 15 is 0 Å². The first-order valence-corrected chi connectivity index (χ1v) is 7.93. The number of amides is 1. The lowest BCUT2D eigenvalue weighted by molar-refractivity contribution is -0.119. The molecule has 0 heterocycles. The van der Waals surface area contributed by atoms with Crippen LogP contribution in [0.2, 0.25) is 0 Å². The lowest BCUT2D eigenvalue weighted by Crippen LogP contribution is -2.25. The maximum absolute atomic E-state index is 11.7. The Bertz CT molecular complexity index is 691. The third-order valence-electron chi connectivity index (χ3n) is 2.68. The molecule has 0 fully saturated rings. The predicted octanol–water partition coefficient (Wildman–Crippen LogP) is 3.48. The van der Waals surface area contributed by atoms with Crippen molar-refractivity contribution in [3.63, 3.8) is 0 Å². The van der Waals surface area contributed by atoms with Gasteiger partial charge in [0.05, 0.1) is 17.2 Å². The lowest BCUT2D eigenvalue weighted by Gasteiger charge is -2.05. The van der Waals surface area contributed by atoms with Crippen LogP contribution in [0.5, 0.6) is 5.75 Å². The second-order valence-corrected chi connectivity index (χ2v) is 6.11. The van der Waals surface area contributed by atoms with Crippen LogP contribution in [0.3, 0.4) is 0 Å². The number of anilines is 1. The smallest absolute Gasteiger partial charge is 0.259 e. The zero-order valence-corrected chi connectivity index (χ0v) is 14.6. The summed E-state index contributed by atoms with van der Waals surface area (Å²) in [7, 11) is 0. The number of aromatic hydroxyl groups is 1. The summed E-state index contributed by atoms with van der Waals surface area (Å²) in [4.78, 5) is 11.7. The standard InChI is InChI=1S/C15H13Br2N3O2/c16-11-6-10(15(22)13(17)7-11)8-19-20-14(21)9-18-12-4-2-1-3-5-12/h1-8,18,22H,9H2,(H,20,21)/b19-8-. The van der Waals surface area contributed by atoms with Gasteiger partial charge in [0.1, 0.15) is 5.75 Å². The van der Waals surface area contributed by atoms with Crippen LogP contribution in [-0.2, 0) is 4.79 Å². The van der Waals surface area contributed by atoms with Crippen molar-refractivity contribution in [1.29, 1.82) is 0 Å². The van der Waals surface area contributed by atoms with Crippen LogP contribution in [0.25, 0.3) is 0 Å². The van der Waals surface area contributed by atoms with Gasteiger partial charge in [-0.25, -0.2) is 5.43 Å². The number of carbonyl (C=O) groups is 1. The predicted molar refractivity (Wildman–Crippen MR) is 94.2 cm³/mol. The molecule has 0 aliphatic carbocycles. The molecule has 0 saturated heterocycles. The first-order valence-electron chi connectivity index (χ1n) is 6.35. The van der Waals surface area contributed by atoms with Gasteiger partial charge in [0.15, 0.2) is 0 Å². The summed E-state index contributed by atoms with van der Waals surface area (Å²) in [5.74, 6) is -0.225. The van der Waals surface area contributed by atoms with E-state index in [2.05, 4.69) is 47.7 Å². The maximum Gasteiger partial charge on any atom is 0.259 e. The average Bonchev–Trinajstić information content (AvgIpc) is 2.51. The first kappa shape index (κ1) is 16.5. The topological polar surface area (TPSA) is 73.7 Å². The highest BCUT2D eigenvalue weighted by Gasteiger charge is 2.05. The van der Waals surface area contributed by atoms with Crippen molar-refractivity contribution < 1.29 is 9.90 Å². The van der Waals surface area contributed by atoms with E-state index in [4.69, 9.17) is 0 Å². The van der Waals surface area contributed by atoms with Gasteiger partial charge in [-0.1, -0.05) is 34.1 Å². The van der Waals surface area contributed by atoms with Gasteiger partial charge in [-0.05, 0) is 40.2 Å². The zero-order chi connectivity index (χ0) is 15.9. The Balaban J connectivity index is 1.88. The number of hydrazone groups is 1. The number of hydrogen-bond acceptors (Lipinski definition) is 4. The largest absolute Gasteiger partial charge is 0.506 e. The molecule has 114 valence electrons. The Hall–Kier alpha value is -1.86. The highest BCUT2D eigenvalue weighted by Crippen LogP contribution is 2.30. The fraction of sp³-hybridized carbons (Fsp3) is 0.0667. The molecule has 5 nitrogen and oxygen atoms in total. The molecule has 2 aromatic rings. The molecule has 0 aliphatic rings. The van der Waals surface area contributed by atoms with Crippen molar-refractivity contribution in [2.45, 2.75) is 0 Å². The second-order valence-electron chi connectivity index (χ2n) is 4.34. The van der Waals surface area contributed by atoms with E-state index in [1.807, 2.05) is 30.3 Å². The van der Waals surface area contributed by atoms with Gasteiger partial charge in [0.25, 0.3) is 5.91 Å². The summed E-state index contributed by atoms with van der Waals surface area (Å²) in [6, 6.07) is 12.8. The van der Waals surface area contributed by atoms with Crippen molar-refractivity contribution in [1.82, 2.24) is 5.43 Å². The Labute approximate surface area is 144 Å². The van der Waals surface area contributed by atoms with E-state index in [-0.39, 0.29) is 18.2 Å². The van der Waals surface area contributed by atoms with Crippen LogP contribution >= 0.6 is 31.9 Å². The zero-order valence-electron chi connectivity index (χ0n) is 11.4. The van der Waals surface area contributed by atoms with E-state index in [9.17, 15) is 9.90 Å². The highest BCUT2D eigenvalue weighted by atomic mass is 79.9. The Kier molecular flexibility index (Phi) is 5.97. The molecule has 22 heavy (non-hydrogen) atoms. The number of phenolic OH excluding ortho intramolecular Hbond substituents is 1. The molecule has 0 atom stereocenters. The third kappa shape index (κ3) is 4.85. The molecule has 3 N–H and O–H groups in total. The highest BCUT2D eigenvalue weighted by molar-refractivity contribution is 9.11. The number of nitrogens with one attached hydrogen (secondary N) is 2. The summed E-state index contributed by atoms with van der Waals surface area (Å²) < 4.78 is 1.33. The second kappa shape index (κ2) is 7.95. The van der Waals surface area contributed by atoms with Gasteiger partial charge >= 0.3 is 0 Å². The molecular weight excluding hydrogens is 414 g/mol. The fourth-order valence-corrected chi connectivity index (χ4v) is 2.89. The van der Waals surface area contributed by atoms with Crippen molar-refractivity contribution in [3.8, 4) is 5.75 Å². The minimum absolute atomic E-state index is 0.0589. The summed E-state index contributed by atoms with van der Waals surface area (Å²) in [5, 5.41) is 16.7. The van der Waals surface area contributed by atoms with Crippen LogP contribution in [0.15, 0.2) is 56.5 Å². The SMILES string of the molecule is O=C(CNc1ccccc1)N/N=C\c1cc(Br)cc(Br)c1O. The number of nitrogens with zero attached hydrogens (tertiary/aromatic N) is 1. The molecule has 1 amide bonds. The van der Waals surface area contributed by atoms with E-state index in [0.717, 1.165) is 10.2 Å². The molecule has 0 aliphatic heterocycles. The molecule has 0 aromatic heterocycles. The molecule has 7 heteroatoms. The summed E-state index contributed by atoms with van der Waals surface area (Å²) in [6.07, 6.45) is 1.38. The Morgan fingerprint density at radius 3 is 2.68 bits per heavy atom. The van der Waals surface area contributed by atoms with Gasteiger partial charge < -0.3 is 10.4 Å². The van der Waals surface area contributed by atoms with Crippen LogP contribution in [0, 0.1) is 0 Å². The number of carbonyl (C=O) groups excluding carboxylic acids is 1. The lowest BCUT2D eigenvalue weighted by atomic mass is 10.2. The molecule has 0 saturated carbocycles. The van der Waals surface area contributed by atoms with Crippen LogP contribution in [-0.4, -0.2) is 23.8 Å². The quantitative estimate of drug-likeness (QED) is 0.506.